The van der Waals surface area contributed by atoms with Crippen molar-refractivity contribution in [3.63, 3.8) is 0 Å². The van der Waals surface area contributed by atoms with Crippen LogP contribution >= 0.6 is 0 Å². The highest BCUT2D eigenvalue weighted by atomic mass is 14.8. The maximum atomic E-state index is 4.18. The van der Waals surface area contributed by atoms with Crippen LogP contribution in [0.1, 0.15) is 143 Å². The average Bonchev–Trinajstić information content (AvgIpc) is 2.93. The van der Waals surface area contributed by atoms with Gasteiger partial charge in [0, 0.05) is 5.70 Å². The number of benzene rings is 2. The second kappa shape index (κ2) is 24.3. The molecule has 0 spiro atoms. The average molecular weight is 560 g/mol. The van der Waals surface area contributed by atoms with Gasteiger partial charge in [-0.05, 0) is 68.0 Å². The summed E-state index contributed by atoms with van der Waals surface area (Å²) in [6, 6.07) is 22.7. The standard InChI is InChI=1S/C19H35N.C11H16.C6H6.C4H8/c1-6-9-18(10-7-2)19(4,5)14-13-16(3)20-15-17-11-8-12-17;1-2-3-5-8-11-9-6-4-7-10-11;1-2-4-6-5-3-1;1-2-4-3-1/h15,18,20H,3,6-14H2,1-2,4-5H3;4,6-7,9-10H,2-3,5,8H2,1H3;1-6H;1-4H2. The second-order valence-electron chi connectivity index (χ2n) is 12.7. The molecule has 2 fully saturated rings. The molecule has 1 heteroatoms. The van der Waals surface area contributed by atoms with Crippen molar-refractivity contribution in [3.8, 4) is 0 Å². The molecule has 1 N–H and O–H groups in total. The lowest BCUT2D eigenvalue weighted by molar-refractivity contribution is 0.169. The number of nitrogens with one attached hydrogen (secondary N) is 1. The molecule has 0 saturated heterocycles. The number of unbranched alkanes of at least 4 members (excludes halogenated alkanes) is 2. The number of allylic oxidation sites excluding steroid dienone is 2. The molecule has 0 bridgehead atoms. The summed E-state index contributed by atoms with van der Waals surface area (Å²) >= 11 is 0. The van der Waals surface area contributed by atoms with E-state index in [4.69, 9.17) is 0 Å². The minimum absolute atomic E-state index is 0.431. The maximum absolute atomic E-state index is 4.18. The molecule has 0 radical (unpaired) electrons. The minimum Gasteiger partial charge on any atom is -0.366 e. The van der Waals surface area contributed by atoms with Gasteiger partial charge in [0.15, 0.2) is 0 Å². The van der Waals surface area contributed by atoms with Crippen LogP contribution in [0.2, 0.25) is 0 Å². The quantitative estimate of drug-likeness (QED) is 0.227. The van der Waals surface area contributed by atoms with E-state index in [1.165, 1.54) is 114 Å². The van der Waals surface area contributed by atoms with E-state index in [2.05, 4.69) is 83.0 Å². The van der Waals surface area contributed by atoms with Crippen LogP contribution in [0.4, 0.5) is 0 Å². The number of hydrogen-bond acceptors (Lipinski definition) is 1. The molecular weight excluding hydrogens is 494 g/mol. The van der Waals surface area contributed by atoms with E-state index < -0.39 is 0 Å². The molecule has 0 aliphatic heterocycles. The normalized spacial score (nSPS) is 13.6. The molecule has 0 atom stereocenters. The zero-order chi connectivity index (χ0) is 30.0. The lowest BCUT2D eigenvalue weighted by atomic mass is 9.71. The smallest absolute Gasteiger partial charge is 0.00735 e. The van der Waals surface area contributed by atoms with E-state index in [0.717, 1.165) is 12.3 Å². The van der Waals surface area contributed by atoms with Crippen LogP contribution in [0.25, 0.3) is 0 Å². The van der Waals surface area contributed by atoms with E-state index in [9.17, 15) is 0 Å². The Morgan fingerprint density at radius 2 is 1.27 bits per heavy atom. The van der Waals surface area contributed by atoms with E-state index in [1.54, 1.807) is 5.57 Å². The fourth-order valence-electron chi connectivity index (χ4n) is 4.96. The zero-order valence-electron chi connectivity index (χ0n) is 27.7. The number of hydrogen-bond donors (Lipinski definition) is 1. The molecule has 2 aliphatic rings. The van der Waals surface area contributed by atoms with Crippen molar-refractivity contribution in [2.45, 2.75) is 144 Å². The van der Waals surface area contributed by atoms with Crippen LogP contribution in [-0.2, 0) is 6.42 Å². The van der Waals surface area contributed by atoms with E-state index in [1.807, 2.05) is 36.4 Å². The van der Waals surface area contributed by atoms with Crippen molar-refractivity contribution in [3.05, 3.63) is 96.3 Å². The van der Waals surface area contributed by atoms with Crippen LogP contribution in [0, 0.1) is 11.3 Å². The lowest BCUT2D eigenvalue weighted by Crippen LogP contribution is -2.25. The summed E-state index contributed by atoms with van der Waals surface area (Å²) in [5.41, 5.74) is 4.64. The van der Waals surface area contributed by atoms with Gasteiger partial charge in [0.05, 0.1) is 0 Å². The summed E-state index contributed by atoms with van der Waals surface area (Å²) in [7, 11) is 0. The van der Waals surface area contributed by atoms with Gasteiger partial charge >= 0.3 is 0 Å². The Morgan fingerprint density at radius 1 is 0.756 bits per heavy atom. The summed E-state index contributed by atoms with van der Waals surface area (Å²) in [4.78, 5) is 0. The highest BCUT2D eigenvalue weighted by Gasteiger charge is 2.27. The minimum atomic E-state index is 0.431. The summed E-state index contributed by atoms with van der Waals surface area (Å²) < 4.78 is 0. The SMILES string of the molecule is C1CCC1.C=C(CCC(C)(C)C(CCC)CCC)NC=C1CCC1.CCCCCc1ccccc1.c1ccccc1. The van der Waals surface area contributed by atoms with Crippen molar-refractivity contribution in [1.82, 2.24) is 5.32 Å². The summed E-state index contributed by atoms with van der Waals surface area (Å²) in [6.07, 6.45) is 25.0. The third kappa shape index (κ3) is 19.5. The van der Waals surface area contributed by atoms with Crippen LogP contribution in [0.5, 0.6) is 0 Å². The fraction of sp³-hybridized carbons (Fsp3) is 0.600. The number of rotatable bonds is 14. The molecule has 0 heterocycles. The highest BCUT2D eigenvalue weighted by Crippen LogP contribution is 2.38. The first kappa shape index (κ1) is 36.7. The Balaban J connectivity index is 0.000000328. The van der Waals surface area contributed by atoms with E-state index in [0.29, 0.717) is 5.41 Å². The van der Waals surface area contributed by atoms with Gasteiger partial charge in [0.1, 0.15) is 0 Å². The molecule has 2 saturated carbocycles. The fourth-order valence-corrected chi connectivity index (χ4v) is 4.96. The van der Waals surface area contributed by atoms with Gasteiger partial charge in [-0.3, -0.25) is 0 Å². The Hall–Kier alpha value is -2.28. The van der Waals surface area contributed by atoms with E-state index >= 15 is 0 Å². The summed E-state index contributed by atoms with van der Waals surface area (Å²) in [5.74, 6) is 0.857. The first-order valence-corrected chi connectivity index (χ1v) is 17.1. The lowest BCUT2D eigenvalue weighted by Gasteiger charge is -2.35. The van der Waals surface area contributed by atoms with E-state index in [-0.39, 0.29) is 0 Å². The van der Waals surface area contributed by atoms with Gasteiger partial charge in [-0.25, -0.2) is 0 Å². The Kier molecular flexibility index (Phi) is 21.8. The molecule has 0 unspecified atom stereocenters. The maximum Gasteiger partial charge on any atom is 0.00735 e. The van der Waals surface area contributed by atoms with Crippen LogP contribution in [0.15, 0.2) is 90.8 Å². The van der Waals surface area contributed by atoms with Crippen LogP contribution < -0.4 is 5.32 Å². The van der Waals surface area contributed by atoms with Gasteiger partial charge < -0.3 is 5.32 Å². The van der Waals surface area contributed by atoms with Crippen molar-refractivity contribution in [2.75, 3.05) is 0 Å². The first-order chi connectivity index (χ1) is 19.9. The molecule has 2 aliphatic carbocycles. The van der Waals surface area contributed by atoms with Crippen LogP contribution in [0.3, 0.4) is 0 Å². The first-order valence-electron chi connectivity index (χ1n) is 17.1. The van der Waals surface area contributed by atoms with Gasteiger partial charge in [0.2, 0.25) is 0 Å². The molecule has 4 rings (SSSR count). The third-order valence-electron chi connectivity index (χ3n) is 8.51. The summed E-state index contributed by atoms with van der Waals surface area (Å²) in [6.45, 7) is 15.9. The Labute approximate surface area is 256 Å². The molecule has 0 amide bonds. The van der Waals surface area contributed by atoms with Gasteiger partial charge in [0.25, 0.3) is 0 Å². The van der Waals surface area contributed by atoms with Crippen molar-refractivity contribution in [1.29, 1.82) is 0 Å². The van der Waals surface area contributed by atoms with Crippen LogP contribution in [-0.4, -0.2) is 0 Å². The molecule has 2 aromatic rings. The predicted molar refractivity (Wildman–Crippen MR) is 185 cm³/mol. The highest BCUT2D eigenvalue weighted by molar-refractivity contribution is 5.14. The van der Waals surface area contributed by atoms with Crippen molar-refractivity contribution >= 4 is 0 Å². The van der Waals surface area contributed by atoms with Crippen molar-refractivity contribution in [2.24, 2.45) is 11.3 Å². The molecule has 0 aromatic heterocycles. The zero-order valence-corrected chi connectivity index (χ0v) is 27.7. The Morgan fingerprint density at radius 3 is 1.68 bits per heavy atom. The van der Waals surface area contributed by atoms with Gasteiger partial charge in [-0.15, -0.1) is 0 Å². The topological polar surface area (TPSA) is 12.0 Å². The third-order valence-corrected chi connectivity index (χ3v) is 8.51. The molecule has 2 aromatic carbocycles. The predicted octanol–water partition coefficient (Wildman–Crippen LogP) is 12.8. The molecule has 41 heavy (non-hydrogen) atoms. The van der Waals surface area contributed by atoms with Crippen molar-refractivity contribution < 1.29 is 0 Å². The monoisotopic (exact) mass is 560 g/mol. The molecule has 230 valence electrons. The second-order valence-corrected chi connectivity index (χ2v) is 12.7. The largest absolute Gasteiger partial charge is 0.366 e. The van der Waals surface area contributed by atoms with Gasteiger partial charge in [-0.1, -0.05) is 178 Å². The summed E-state index contributed by atoms with van der Waals surface area (Å²) in [5, 5.41) is 3.40. The number of aryl methyl sites for hydroxylation is 1. The van der Waals surface area contributed by atoms with Gasteiger partial charge in [-0.2, -0.15) is 0 Å². The molecule has 1 nitrogen and oxygen atoms in total. The molecular formula is C40H65N. The Bertz CT molecular complexity index is 833.